The molecule has 2 amide bonds. The van der Waals surface area contributed by atoms with E-state index < -0.39 is 0 Å². The van der Waals surface area contributed by atoms with Crippen LogP contribution in [0.2, 0.25) is 5.02 Å². The maximum atomic E-state index is 12.6. The van der Waals surface area contributed by atoms with Crippen molar-refractivity contribution < 1.29 is 9.59 Å². The summed E-state index contributed by atoms with van der Waals surface area (Å²) in [6.45, 7) is 0.509. The number of hydrogen-bond donors (Lipinski definition) is 1. The molecular weight excluding hydrogens is 428 g/mol. The normalized spacial score (nSPS) is 12.8. The minimum absolute atomic E-state index is 0.0485. The van der Waals surface area contributed by atoms with Crippen molar-refractivity contribution in [1.29, 1.82) is 0 Å². The molecule has 0 aliphatic carbocycles. The lowest BCUT2D eigenvalue weighted by Gasteiger charge is -2.17. The predicted molar refractivity (Wildman–Crippen MR) is 111 cm³/mol. The number of nitrogens with zero attached hydrogens (tertiary/aromatic N) is 1. The molecule has 0 radical (unpaired) electrons. The highest BCUT2D eigenvalue weighted by Gasteiger charge is 2.28. The van der Waals surface area contributed by atoms with Crippen LogP contribution in [-0.2, 0) is 6.54 Å². The number of nitrogens with one attached hydrogen (secondary N) is 1. The van der Waals surface area contributed by atoms with Gasteiger partial charge in [-0.25, -0.2) is 0 Å². The van der Waals surface area contributed by atoms with E-state index in [1.807, 2.05) is 30.3 Å². The second-order valence-electron chi connectivity index (χ2n) is 6.18. The number of rotatable bonds is 3. The first-order valence-electron chi connectivity index (χ1n) is 8.29. The van der Waals surface area contributed by atoms with E-state index in [4.69, 9.17) is 11.6 Å². The zero-order valence-corrected chi connectivity index (χ0v) is 16.4. The number of carbonyl (C=O) groups excluding carboxylic acids is 2. The number of carbonyl (C=O) groups is 2. The van der Waals surface area contributed by atoms with Crippen molar-refractivity contribution in [2.45, 2.75) is 6.54 Å². The van der Waals surface area contributed by atoms with Gasteiger partial charge in [0.25, 0.3) is 11.8 Å². The van der Waals surface area contributed by atoms with E-state index in [2.05, 4.69) is 21.2 Å². The van der Waals surface area contributed by atoms with Gasteiger partial charge in [-0.15, -0.1) is 0 Å². The molecule has 1 aliphatic rings. The lowest BCUT2D eigenvalue weighted by molar-refractivity contribution is 0.0994. The molecule has 0 aromatic heterocycles. The second kappa shape index (κ2) is 7.18. The molecule has 1 heterocycles. The molecule has 0 saturated heterocycles. The van der Waals surface area contributed by atoms with Gasteiger partial charge in [-0.05, 0) is 48.0 Å². The van der Waals surface area contributed by atoms with E-state index in [1.165, 1.54) is 0 Å². The Hall–Kier alpha value is -2.63. The molecule has 0 saturated carbocycles. The van der Waals surface area contributed by atoms with Gasteiger partial charge in [-0.3, -0.25) is 9.59 Å². The van der Waals surface area contributed by atoms with Crippen LogP contribution in [0.25, 0.3) is 0 Å². The van der Waals surface area contributed by atoms with Gasteiger partial charge in [0.2, 0.25) is 0 Å². The van der Waals surface area contributed by atoms with Crippen molar-refractivity contribution >= 4 is 50.7 Å². The zero-order valence-electron chi connectivity index (χ0n) is 14.1. The van der Waals surface area contributed by atoms with Crippen LogP contribution in [0.5, 0.6) is 0 Å². The summed E-state index contributed by atoms with van der Waals surface area (Å²) in [6.07, 6.45) is 0. The van der Waals surface area contributed by atoms with E-state index in [1.54, 1.807) is 41.3 Å². The first kappa shape index (κ1) is 17.8. The molecule has 4 rings (SSSR count). The highest BCUT2D eigenvalue weighted by Crippen LogP contribution is 2.33. The summed E-state index contributed by atoms with van der Waals surface area (Å²) in [5.74, 6) is -0.303. The SMILES string of the molecule is O=C(Nc1ccc(N2Cc3ccccc3C2=O)cc1Cl)c1cccc(Br)c1. The highest BCUT2D eigenvalue weighted by molar-refractivity contribution is 9.10. The van der Waals surface area contributed by atoms with Crippen LogP contribution in [-0.4, -0.2) is 11.8 Å². The smallest absolute Gasteiger partial charge is 0.258 e. The molecule has 0 unspecified atom stereocenters. The second-order valence-corrected chi connectivity index (χ2v) is 7.50. The third-order valence-electron chi connectivity index (χ3n) is 4.42. The van der Waals surface area contributed by atoms with Gasteiger partial charge in [-0.2, -0.15) is 0 Å². The van der Waals surface area contributed by atoms with E-state index >= 15 is 0 Å². The van der Waals surface area contributed by atoms with Crippen LogP contribution in [0.15, 0.2) is 71.2 Å². The summed E-state index contributed by atoms with van der Waals surface area (Å²) >= 11 is 9.72. The van der Waals surface area contributed by atoms with Crippen molar-refractivity contribution in [2.75, 3.05) is 10.2 Å². The minimum Gasteiger partial charge on any atom is -0.321 e. The van der Waals surface area contributed by atoms with Crippen LogP contribution in [0.1, 0.15) is 26.3 Å². The molecule has 3 aromatic rings. The molecule has 27 heavy (non-hydrogen) atoms. The van der Waals surface area contributed by atoms with Gasteiger partial charge in [0.15, 0.2) is 0 Å². The summed E-state index contributed by atoms with van der Waals surface area (Å²) in [6, 6.07) is 19.8. The standard InChI is InChI=1S/C21H14BrClN2O2/c22-15-6-3-5-13(10-15)20(26)24-19-9-8-16(11-18(19)23)25-12-14-4-1-2-7-17(14)21(25)27/h1-11H,12H2,(H,24,26). The Morgan fingerprint density at radius 2 is 1.85 bits per heavy atom. The minimum atomic E-state index is -0.254. The molecule has 6 heteroatoms. The Bertz CT molecular complexity index is 1070. The Balaban J connectivity index is 1.55. The van der Waals surface area contributed by atoms with Crippen molar-refractivity contribution in [3.8, 4) is 0 Å². The van der Waals surface area contributed by atoms with Gasteiger partial charge in [0, 0.05) is 21.3 Å². The third-order valence-corrected chi connectivity index (χ3v) is 5.23. The number of benzene rings is 3. The number of fused-ring (bicyclic) bond motifs is 1. The molecule has 1 aliphatic heterocycles. The molecule has 0 fully saturated rings. The van der Waals surface area contributed by atoms with Gasteiger partial charge in [0.1, 0.15) is 0 Å². The van der Waals surface area contributed by atoms with E-state index in [9.17, 15) is 9.59 Å². The zero-order chi connectivity index (χ0) is 19.0. The van der Waals surface area contributed by atoms with Crippen LogP contribution in [0.3, 0.4) is 0 Å². The predicted octanol–water partition coefficient (Wildman–Crippen LogP) is 5.52. The summed E-state index contributed by atoms with van der Waals surface area (Å²) in [7, 11) is 0. The largest absolute Gasteiger partial charge is 0.321 e. The fourth-order valence-electron chi connectivity index (χ4n) is 3.06. The summed E-state index contributed by atoms with van der Waals surface area (Å²) < 4.78 is 0.823. The van der Waals surface area contributed by atoms with Crippen LogP contribution in [0.4, 0.5) is 11.4 Å². The molecule has 1 N–H and O–H groups in total. The number of halogens is 2. The van der Waals surface area contributed by atoms with Crippen molar-refractivity contribution in [3.63, 3.8) is 0 Å². The van der Waals surface area contributed by atoms with Gasteiger partial charge < -0.3 is 10.2 Å². The molecule has 3 aromatic carbocycles. The van der Waals surface area contributed by atoms with Gasteiger partial charge in [0.05, 0.1) is 17.3 Å². The Labute approximate surface area is 169 Å². The lowest BCUT2D eigenvalue weighted by Crippen LogP contribution is -2.23. The lowest BCUT2D eigenvalue weighted by atomic mass is 10.1. The summed E-state index contributed by atoms with van der Waals surface area (Å²) in [5, 5.41) is 3.18. The monoisotopic (exact) mass is 440 g/mol. The van der Waals surface area contributed by atoms with E-state index in [0.717, 1.165) is 10.0 Å². The van der Waals surface area contributed by atoms with Crippen molar-refractivity contribution in [2.24, 2.45) is 0 Å². The first-order chi connectivity index (χ1) is 13.0. The molecule has 4 nitrogen and oxygen atoms in total. The number of hydrogen-bond acceptors (Lipinski definition) is 2. The van der Waals surface area contributed by atoms with Crippen LogP contribution in [0, 0.1) is 0 Å². The Morgan fingerprint density at radius 1 is 1.04 bits per heavy atom. The average molecular weight is 442 g/mol. The average Bonchev–Trinajstić information content (AvgIpc) is 3.00. The van der Waals surface area contributed by atoms with Crippen LogP contribution >= 0.6 is 27.5 Å². The quantitative estimate of drug-likeness (QED) is 0.582. The van der Waals surface area contributed by atoms with Crippen molar-refractivity contribution in [1.82, 2.24) is 0 Å². The third kappa shape index (κ3) is 3.48. The van der Waals surface area contributed by atoms with Crippen LogP contribution < -0.4 is 10.2 Å². The van der Waals surface area contributed by atoms with Gasteiger partial charge in [-0.1, -0.05) is 51.8 Å². The van der Waals surface area contributed by atoms with E-state index in [0.29, 0.717) is 34.1 Å². The van der Waals surface area contributed by atoms with Gasteiger partial charge >= 0.3 is 0 Å². The number of amides is 2. The molecular formula is C21H14BrClN2O2. The fourth-order valence-corrected chi connectivity index (χ4v) is 3.68. The topological polar surface area (TPSA) is 49.4 Å². The molecule has 0 atom stereocenters. The van der Waals surface area contributed by atoms with Crippen molar-refractivity contribution in [3.05, 3.63) is 92.9 Å². The highest BCUT2D eigenvalue weighted by atomic mass is 79.9. The summed E-state index contributed by atoms with van der Waals surface area (Å²) in [4.78, 5) is 26.7. The summed E-state index contributed by atoms with van der Waals surface area (Å²) in [5.41, 5.74) is 3.41. The maximum absolute atomic E-state index is 12.6. The fraction of sp³-hybridized carbons (Fsp3) is 0.0476. The van der Waals surface area contributed by atoms with E-state index in [-0.39, 0.29) is 11.8 Å². The Kier molecular flexibility index (Phi) is 4.72. The molecule has 0 bridgehead atoms. The Morgan fingerprint density at radius 3 is 2.59 bits per heavy atom. The maximum Gasteiger partial charge on any atom is 0.258 e. The number of anilines is 2. The molecule has 0 spiro atoms. The molecule has 134 valence electrons. The first-order valence-corrected chi connectivity index (χ1v) is 9.46.